The maximum atomic E-state index is 5.90. The van der Waals surface area contributed by atoms with Crippen molar-refractivity contribution in [3.05, 3.63) is 51.9 Å². The molecule has 4 heteroatoms. The molecule has 114 valence electrons. The zero-order chi connectivity index (χ0) is 15.2. The molecule has 21 heavy (non-hydrogen) atoms. The molecule has 0 spiro atoms. The van der Waals surface area contributed by atoms with Crippen LogP contribution >= 0.6 is 15.9 Å². The van der Waals surface area contributed by atoms with Crippen LogP contribution in [-0.4, -0.2) is 13.7 Å². The van der Waals surface area contributed by atoms with Crippen molar-refractivity contribution in [3.8, 4) is 5.75 Å². The Kier molecular flexibility index (Phi) is 5.88. The molecule has 0 aliphatic heterocycles. The summed E-state index contributed by atoms with van der Waals surface area (Å²) < 4.78 is 12.1. The molecule has 1 aromatic heterocycles. The molecule has 0 aliphatic carbocycles. The molecular formula is C17H22BrNO2. The van der Waals surface area contributed by atoms with Crippen LogP contribution in [0.4, 0.5) is 0 Å². The molecule has 1 N–H and O–H groups in total. The molecule has 1 unspecified atom stereocenters. The number of furan rings is 1. The van der Waals surface area contributed by atoms with Crippen LogP contribution in [0.25, 0.3) is 0 Å². The standard InChI is InChI=1S/C17H22BrNO2/c1-4-13-7-9-17(21-13)15(19-5-2)11-12-6-8-16(20-3)14(18)10-12/h6-10,15,19H,4-5,11H2,1-3H3. The Balaban J connectivity index is 2.17. The first-order chi connectivity index (χ1) is 10.2. The minimum absolute atomic E-state index is 0.190. The summed E-state index contributed by atoms with van der Waals surface area (Å²) in [6.45, 7) is 5.12. The summed E-state index contributed by atoms with van der Waals surface area (Å²) in [5.41, 5.74) is 1.24. The molecule has 2 rings (SSSR count). The van der Waals surface area contributed by atoms with E-state index < -0.39 is 0 Å². The van der Waals surface area contributed by atoms with Crippen LogP contribution < -0.4 is 10.1 Å². The van der Waals surface area contributed by atoms with Gasteiger partial charge in [0.05, 0.1) is 17.6 Å². The van der Waals surface area contributed by atoms with Crippen LogP contribution in [0.2, 0.25) is 0 Å². The summed E-state index contributed by atoms with van der Waals surface area (Å²) in [6.07, 6.45) is 1.81. The first-order valence-corrected chi connectivity index (χ1v) is 8.11. The monoisotopic (exact) mass is 351 g/mol. The minimum atomic E-state index is 0.190. The van der Waals surface area contributed by atoms with Crippen LogP contribution in [0.1, 0.15) is 37.0 Å². The Morgan fingerprint density at radius 1 is 1.24 bits per heavy atom. The van der Waals surface area contributed by atoms with E-state index in [1.807, 2.05) is 6.07 Å². The van der Waals surface area contributed by atoms with E-state index in [9.17, 15) is 0 Å². The molecule has 0 aliphatic rings. The zero-order valence-electron chi connectivity index (χ0n) is 12.8. The lowest BCUT2D eigenvalue weighted by Crippen LogP contribution is -2.22. The van der Waals surface area contributed by atoms with Crippen molar-refractivity contribution in [3.63, 3.8) is 0 Å². The molecule has 1 atom stereocenters. The van der Waals surface area contributed by atoms with Gasteiger partial charge in [-0.2, -0.15) is 0 Å². The van der Waals surface area contributed by atoms with Crippen molar-refractivity contribution in [2.75, 3.05) is 13.7 Å². The van der Waals surface area contributed by atoms with Gasteiger partial charge in [-0.1, -0.05) is 19.9 Å². The summed E-state index contributed by atoms with van der Waals surface area (Å²) >= 11 is 3.54. The highest BCUT2D eigenvalue weighted by Gasteiger charge is 2.16. The fourth-order valence-electron chi connectivity index (χ4n) is 2.36. The number of aryl methyl sites for hydroxylation is 1. The minimum Gasteiger partial charge on any atom is -0.496 e. The third-order valence-electron chi connectivity index (χ3n) is 3.48. The third kappa shape index (κ3) is 4.11. The number of likely N-dealkylation sites (N-methyl/N-ethyl adjacent to an activating group) is 1. The van der Waals surface area contributed by atoms with Crippen molar-refractivity contribution in [2.45, 2.75) is 32.7 Å². The quantitative estimate of drug-likeness (QED) is 0.796. The highest BCUT2D eigenvalue weighted by Crippen LogP contribution is 2.28. The summed E-state index contributed by atoms with van der Waals surface area (Å²) in [5.74, 6) is 2.88. The SMILES string of the molecule is CCNC(Cc1ccc(OC)c(Br)c1)c1ccc(CC)o1. The lowest BCUT2D eigenvalue weighted by Gasteiger charge is -2.16. The smallest absolute Gasteiger partial charge is 0.133 e. The zero-order valence-corrected chi connectivity index (χ0v) is 14.4. The predicted octanol–water partition coefficient (Wildman–Crippen LogP) is 4.51. The van der Waals surface area contributed by atoms with Gasteiger partial charge in [-0.05, 0) is 58.7 Å². The lowest BCUT2D eigenvalue weighted by atomic mass is 10.0. The van der Waals surface area contributed by atoms with Crippen molar-refractivity contribution < 1.29 is 9.15 Å². The Bertz CT molecular complexity index is 580. The molecule has 0 saturated heterocycles. The topological polar surface area (TPSA) is 34.4 Å². The van der Waals surface area contributed by atoms with Gasteiger partial charge in [-0.15, -0.1) is 0 Å². The van der Waals surface area contributed by atoms with Gasteiger partial charge in [0, 0.05) is 6.42 Å². The molecule has 0 fully saturated rings. The molecule has 1 aromatic carbocycles. The molecule has 0 bridgehead atoms. The fraction of sp³-hybridized carbons (Fsp3) is 0.412. The van der Waals surface area contributed by atoms with Crippen molar-refractivity contribution in [1.82, 2.24) is 5.32 Å². The van der Waals surface area contributed by atoms with Crippen LogP contribution in [-0.2, 0) is 12.8 Å². The number of nitrogens with one attached hydrogen (secondary N) is 1. The van der Waals surface area contributed by atoms with Crippen molar-refractivity contribution in [2.24, 2.45) is 0 Å². The van der Waals surface area contributed by atoms with Crippen LogP contribution in [0, 0.1) is 0 Å². The van der Waals surface area contributed by atoms with E-state index in [0.717, 1.165) is 41.1 Å². The molecular weight excluding hydrogens is 330 g/mol. The van der Waals surface area contributed by atoms with E-state index in [0.29, 0.717) is 0 Å². The second-order valence-corrected chi connectivity index (χ2v) is 5.80. The number of hydrogen-bond acceptors (Lipinski definition) is 3. The average Bonchev–Trinajstić information content (AvgIpc) is 2.96. The summed E-state index contributed by atoms with van der Waals surface area (Å²) in [6, 6.07) is 10.5. The predicted molar refractivity (Wildman–Crippen MR) is 88.9 cm³/mol. The first kappa shape index (κ1) is 16.1. The average molecular weight is 352 g/mol. The van der Waals surface area contributed by atoms with Crippen LogP contribution in [0.15, 0.2) is 39.2 Å². The highest BCUT2D eigenvalue weighted by atomic mass is 79.9. The van der Waals surface area contributed by atoms with Gasteiger partial charge in [0.15, 0.2) is 0 Å². The highest BCUT2D eigenvalue weighted by molar-refractivity contribution is 9.10. The number of ether oxygens (including phenoxy) is 1. The van der Waals surface area contributed by atoms with E-state index in [2.05, 4.69) is 59.4 Å². The summed E-state index contributed by atoms with van der Waals surface area (Å²) in [4.78, 5) is 0. The lowest BCUT2D eigenvalue weighted by molar-refractivity contribution is 0.396. The van der Waals surface area contributed by atoms with E-state index in [1.54, 1.807) is 7.11 Å². The summed E-state index contributed by atoms with van der Waals surface area (Å²) in [7, 11) is 1.68. The largest absolute Gasteiger partial charge is 0.496 e. The Hall–Kier alpha value is -1.26. The number of methoxy groups -OCH3 is 1. The van der Waals surface area contributed by atoms with Crippen LogP contribution in [0.5, 0.6) is 5.75 Å². The van der Waals surface area contributed by atoms with Gasteiger partial charge in [-0.25, -0.2) is 0 Å². The van der Waals surface area contributed by atoms with Gasteiger partial charge in [0.1, 0.15) is 17.3 Å². The molecule has 1 heterocycles. The van der Waals surface area contributed by atoms with Gasteiger partial charge in [0.25, 0.3) is 0 Å². The fourth-order valence-corrected chi connectivity index (χ4v) is 2.95. The van der Waals surface area contributed by atoms with Crippen molar-refractivity contribution >= 4 is 15.9 Å². The molecule has 2 aromatic rings. The Morgan fingerprint density at radius 2 is 2.05 bits per heavy atom. The molecule has 0 radical (unpaired) electrons. The normalized spacial score (nSPS) is 12.4. The van der Waals surface area contributed by atoms with E-state index in [4.69, 9.17) is 9.15 Å². The number of hydrogen-bond donors (Lipinski definition) is 1. The third-order valence-corrected chi connectivity index (χ3v) is 4.10. The molecule has 0 saturated carbocycles. The second kappa shape index (κ2) is 7.66. The van der Waals surface area contributed by atoms with Crippen LogP contribution in [0.3, 0.4) is 0 Å². The molecule has 0 amide bonds. The Labute approximate surface area is 134 Å². The number of rotatable bonds is 7. The number of benzene rings is 1. The van der Waals surface area contributed by atoms with Gasteiger partial charge >= 0.3 is 0 Å². The second-order valence-electron chi connectivity index (χ2n) is 4.94. The molecule has 3 nitrogen and oxygen atoms in total. The Morgan fingerprint density at radius 3 is 2.62 bits per heavy atom. The van der Waals surface area contributed by atoms with Crippen molar-refractivity contribution in [1.29, 1.82) is 0 Å². The maximum absolute atomic E-state index is 5.90. The van der Waals surface area contributed by atoms with E-state index in [-0.39, 0.29) is 6.04 Å². The summed E-state index contributed by atoms with van der Waals surface area (Å²) in [5, 5.41) is 3.49. The number of halogens is 1. The first-order valence-electron chi connectivity index (χ1n) is 7.32. The van der Waals surface area contributed by atoms with Gasteiger partial charge < -0.3 is 14.5 Å². The maximum Gasteiger partial charge on any atom is 0.133 e. The van der Waals surface area contributed by atoms with E-state index >= 15 is 0 Å². The van der Waals surface area contributed by atoms with Gasteiger partial charge in [-0.3, -0.25) is 0 Å². The van der Waals surface area contributed by atoms with E-state index in [1.165, 1.54) is 5.56 Å². The van der Waals surface area contributed by atoms with Gasteiger partial charge in [0.2, 0.25) is 0 Å².